The summed E-state index contributed by atoms with van der Waals surface area (Å²) in [5.41, 5.74) is 1.49. The van der Waals surface area contributed by atoms with Crippen molar-refractivity contribution >= 4 is 46.5 Å². The molecule has 3 N–H and O–H groups in total. The summed E-state index contributed by atoms with van der Waals surface area (Å²) in [5.74, 6) is -0.360. The van der Waals surface area contributed by atoms with Crippen LogP contribution in [-0.2, 0) is 0 Å². The molecule has 24 heavy (non-hydrogen) atoms. The fraction of sp³-hybridized carbons (Fsp3) is 0.176. The number of halogens is 2. The number of urea groups is 1. The maximum Gasteiger partial charge on any atom is 0.319 e. The second-order valence-corrected chi connectivity index (χ2v) is 6.17. The van der Waals surface area contributed by atoms with E-state index in [1.165, 1.54) is 0 Å². The van der Waals surface area contributed by atoms with E-state index < -0.39 is 0 Å². The Kier molecular flexibility index (Phi) is 6.06. The van der Waals surface area contributed by atoms with E-state index in [1.807, 2.05) is 13.8 Å². The molecule has 7 heteroatoms. The summed E-state index contributed by atoms with van der Waals surface area (Å²) in [5, 5.41) is 8.68. The number of nitrogens with one attached hydrogen (secondary N) is 3. The summed E-state index contributed by atoms with van der Waals surface area (Å²) in [6.45, 7) is 3.75. The average Bonchev–Trinajstić information content (AvgIpc) is 2.51. The van der Waals surface area contributed by atoms with Crippen LogP contribution in [0.1, 0.15) is 24.2 Å². The van der Waals surface area contributed by atoms with Crippen LogP contribution >= 0.6 is 23.2 Å². The molecule has 0 fully saturated rings. The lowest BCUT2D eigenvalue weighted by Gasteiger charge is -2.11. The zero-order valence-electron chi connectivity index (χ0n) is 13.2. The largest absolute Gasteiger partial charge is 0.336 e. The van der Waals surface area contributed by atoms with Gasteiger partial charge < -0.3 is 16.0 Å². The highest BCUT2D eigenvalue weighted by molar-refractivity contribution is 6.44. The van der Waals surface area contributed by atoms with Crippen LogP contribution in [0.25, 0.3) is 0 Å². The molecular weight excluding hydrogens is 349 g/mol. The number of rotatable bonds is 4. The van der Waals surface area contributed by atoms with Gasteiger partial charge in [0.05, 0.1) is 15.6 Å². The molecule has 0 radical (unpaired) electrons. The molecule has 2 aromatic carbocycles. The van der Waals surface area contributed by atoms with Crippen molar-refractivity contribution in [1.82, 2.24) is 5.32 Å². The predicted octanol–water partition coefficient (Wildman–Crippen LogP) is 4.78. The first-order valence-electron chi connectivity index (χ1n) is 7.29. The van der Waals surface area contributed by atoms with Crippen LogP contribution in [0, 0.1) is 0 Å². The van der Waals surface area contributed by atoms with Crippen LogP contribution in [0.3, 0.4) is 0 Å². The summed E-state index contributed by atoms with van der Waals surface area (Å²) in [6, 6.07) is 11.4. The molecule has 0 saturated heterocycles. The molecule has 0 spiro atoms. The third-order valence-corrected chi connectivity index (χ3v) is 3.84. The monoisotopic (exact) mass is 365 g/mol. The molecule has 126 valence electrons. The zero-order chi connectivity index (χ0) is 17.7. The van der Waals surface area contributed by atoms with E-state index in [9.17, 15) is 9.59 Å². The van der Waals surface area contributed by atoms with Crippen LogP contribution in [-0.4, -0.2) is 18.0 Å². The minimum Gasteiger partial charge on any atom is -0.336 e. The number of amides is 3. The van der Waals surface area contributed by atoms with E-state index in [2.05, 4.69) is 16.0 Å². The van der Waals surface area contributed by atoms with Crippen LogP contribution in [0.2, 0.25) is 10.0 Å². The van der Waals surface area contributed by atoms with Crippen molar-refractivity contribution in [1.29, 1.82) is 0 Å². The van der Waals surface area contributed by atoms with E-state index >= 15 is 0 Å². The fourth-order valence-corrected chi connectivity index (χ4v) is 2.33. The Hall–Kier alpha value is -2.24. The van der Waals surface area contributed by atoms with Crippen molar-refractivity contribution in [2.24, 2.45) is 0 Å². The van der Waals surface area contributed by atoms with Gasteiger partial charge in [-0.05, 0) is 50.2 Å². The highest BCUT2D eigenvalue weighted by Gasteiger charge is 2.12. The average molecular weight is 366 g/mol. The van der Waals surface area contributed by atoms with Gasteiger partial charge in [-0.1, -0.05) is 29.3 Å². The zero-order valence-corrected chi connectivity index (χ0v) is 14.7. The predicted molar refractivity (Wildman–Crippen MR) is 98.1 cm³/mol. The Balaban J connectivity index is 2.02. The van der Waals surface area contributed by atoms with Crippen molar-refractivity contribution in [3.8, 4) is 0 Å². The maximum absolute atomic E-state index is 12.2. The van der Waals surface area contributed by atoms with Gasteiger partial charge in [-0.25, -0.2) is 4.79 Å². The summed E-state index contributed by atoms with van der Waals surface area (Å²) < 4.78 is 0. The van der Waals surface area contributed by atoms with Gasteiger partial charge in [0.1, 0.15) is 0 Å². The van der Waals surface area contributed by atoms with Gasteiger partial charge in [-0.2, -0.15) is 0 Å². The molecule has 0 unspecified atom stereocenters. The fourth-order valence-electron chi connectivity index (χ4n) is 1.94. The van der Waals surface area contributed by atoms with Gasteiger partial charge in [-0.3, -0.25) is 4.79 Å². The van der Waals surface area contributed by atoms with Crippen molar-refractivity contribution in [3.63, 3.8) is 0 Å². The SMILES string of the molecule is CC(C)NC(=O)Nc1ccc(NC(=O)c2cccc(Cl)c2Cl)cc1. The molecule has 0 aliphatic rings. The summed E-state index contributed by atoms with van der Waals surface area (Å²) >= 11 is 11.9. The van der Waals surface area contributed by atoms with Gasteiger partial charge in [-0.15, -0.1) is 0 Å². The topological polar surface area (TPSA) is 70.2 Å². The Morgan fingerprint density at radius 2 is 1.50 bits per heavy atom. The number of carbonyl (C=O) groups is 2. The minimum absolute atomic E-state index is 0.0472. The molecule has 0 atom stereocenters. The number of hydrogen-bond donors (Lipinski definition) is 3. The summed E-state index contributed by atoms with van der Waals surface area (Å²) in [6.07, 6.45) is 0. The van der Waals surface area contributed by atoms with E-state index in [0.29, 0.717) is 22.0 Å². The first-order valence-corrected chi connectivity index (χ1v) is 8.05. The maximum atomic E-state index is 12.2. The first-order chi connectivity index (χ1) is 11.4. The molecule has 2 aromatic rings. The molecule has 3 amide bonds. The van der Waals surface area contributed by atoms with Gasteiger partial charge >= 0.3 is 6.03 Å². The molecule has 0 heterocycles. The Morgan fingerprint density at radius 3 is 2.08 bits per heavy atom. The summed E-state index contributed by atoms with van der Waals surface area (Å²) in [7, 11) is 0. The van der Waals surface area contributed by atoms with Crippen molar-refractivity contribution in [2.75, 3.05) is 10.6 Å². The Bertz CT molecular complexity index is 746. The molecule has 0 bridgehead atoms. The second kappa shape index (κ2) is 8.04. The Morgan fingerprint density at radius 1 is 0.917 bits per heavy atom. The van der Waals surface area contributed by atoms with Crippen molar-refractivity contribution < 1.29 is 9.59 Å². The van der Waals surface area contributed by atoms with E-state index in [1.54, 1.807) is 42.5 Å². The standard InChI is InChI=1S/C17H17Cl2N3O2/c1-10(2)20-17(24)22-12-8-6-11(7-9-12)21-16(23)13-4-3-5-14(18)15(13)19/h3-10H,1-2H3,(H,21,23)(H2,20,22,24). The Labute approximate surface area is 150 Å². The summed E-state index contributed by atoms with van der Waals surface area (Å²) in [4.78, 5) is 23.9. The van der Waals surface area contributed by atoms with Crippen LogP contribution < -0.4 is 16.0 Å². The van der Waals surface area contributed by atoms with E-state index in [4.69, 9.17) is 23.2 Å². The molecule has 0 aliphatic carbocycles. The molecule has 5 nitrogen and oxygen atoms in total. The van der Waals surface area contributed by atoms with Crippen LogP contribution in [0.15, 0.2) is 42.5 Å². The van der Waals surface area contributed by atoms with Gasteiger partial charge in [0, 0.05) is 17.4 Å². The molecule has 0 saturated carbocycles. The molecule has 0 aliphatic heterocycles. The van der Waals surface area contributed by atoms with Gasteiger partial charge in [0.25, 0.3) is 5.91 Å². The molecular formula is C17H17Cl2N3O2. The second-order valence-electron chi connectivity index (χ2n) is 5.39. The lowest BCUT2D eigenvalue weighted by Crippen LogP contribution is -2.34. The normalized spacial score (nSPS) is 10.4. The van der Waals surface area contributed by atoms with Gasteiger partial charge in [0.15, 0.2) is 0 Å². The van der Waals surface area contributed by atoms with Crippen LogP contribution in [0.4, 0.5) is 16.2 Å². The number of hydrogen-bond acceptors (Lipinski definition) is 2. The number of benzene rings is 2. The molecule has 2 rings (SSSR count). The van der Waals surface area contributed by atoms with Crippen molar-refractivity contribution in [2.45, 2.75) is 19.9 Å². The minimum atomic E-state index is -0.360. The lowest BCUT2D eigenvalue weighted by atomic mass is 10.2. The number of carbonyl (C=O) groups excluding carboxylic acids is 2. The quantitative estimate of drug-likeness (QED) is 0.729. The smallest absolute Gasteiger partial charge is 0.319 e. The van der Waals surface area contributed by atoms with E-state index in [0.717, 1.165) is 0 Å². The molecule has 0 aromatic heterocycles. The van der Waals surface area contributed by atoms with Crippen LogP contribution in [0.5, 0.6) is 0 Å². The lowest BCUT2D eigenvalue weighted by molar-refractivity contribution is 0.102. The highest BCUT2D eigenvalue weighted by Crippen LogP contribution is 2.26. The van der Waals surface area contributed by atoms with Crippen molar-refractivity contribution in [3.05, 3.63) is 58.1 Å². The first kappa shape index (κ1) is 18.1. The third kappa shape index (κ3) is 4.88. The van der Waals surface area contributed by atoms with E-state index in [-0.39, 0.29) is 23.0 Å². The third-order valence-electron chi connectivity index (χ3n) is 3.02. The highest BCUT2D eigenvalue weighted by atomic mass is 35.5. The number of anilines is 2. The van der Waals surface area contributed by atoms with Gasteiger partial charge in [0.2, 0.25) is 0 Å².